The van der Waals surface area contributed by atoms with E-state index in [9.17, 15) is 0 Å². The normalized spacial score (nSPS) is 6.17. The van der Waals surface area contributed by atoms with Crippen molar-refractivity contribution in [1.82, 2.24) is 0 Å². The quantitative estimate of drug-likeness (QED) is 0.472. The number of hydrogen-bond acceptors (Lipinski definition) is 0. The molecule has 0 aliphatic heterocycles. The largest absolute Gasteiger partial charge is 0.107 e. The van der Waals surface area contributed by atoms with E-state index in [1.165, 1.54) is 6.42 Å². The minimum absolute atomic E-state index is 0. The van der Waals surface area contributed by atoms with Crippen LogP contribution in [0.1, 0.15) is 19.8 Å². The zero-order valence-corrected chi connectivity index (χ0v) is 6.44. The molecule has 0 N–H and O–H groups in total. The minimum atomic E-state index is 0. The van der Waals surface area contributed by atoms with E-state index in [0.29, 0.717) is 0 Å². The zero-order chi connectivity index (χ0) is 4.12. The first kappa shape index (κ1) is 9.69. The molecule has 6 heavy (non-hydrogen) atoms. The average molecular weight is 198 g/mol. The third-order valence-electron chi connectivity index (χ3n) is 0.493. The Labute approximate surface area is 56.7 Å². The number of hydrogen-bond donors (Lipinski definition) is 0. The molecule has 0 aliphatic rings. The molecule has 38 valence electrons. The lowest BCUT2D eigenvalue weighted by Gasteiger charge is -1.72. The lowest BCUT2D eigenvalue weighted by atomic mass is 10.3. The minimum Gasteiger partial charge on any atom is -0.107 e. The van der Waals surface area contributed by atoms with Gasteiger partial charge in [-0.25, -0.2) is 0 Å². The second kappa shape index (κ2) is 9.08. The van der Waals surface area contributed by atoms with Gasteiger partial charge in [0.05, 0.1) is 0 Å². The van der Waals surface area contributed by atoms with Crippen molar-refractivity contribution < 1.29 is 0 Å². The number of halogens is 1. The molecule has 0 unspecified atom stereocenters. The summed E-state index contributed by atoms with van der Waals surface area (Å²) >= 11 is 0. The molecule has 0 aromatic heterocycles. The maximum absolute atomic E-state index is 3.55. The summed E-state index contributed by atoms with van der Waals surface area (Å²) in [5, 5.41) is 0. The first-order valence-corrected chi connectivity index (χ1v) is 2.02. The fourth-order valence-corrected chi connectivity index (χ4v) is 0.204. The topological polar surface area (TPSA) is 0 Å². The molecule has 0 aliphatic carbocycles. The molecule has 0 fully saturated rings. The Morgan fingerprint density at radius 2 is 2.17 bits per heavy atom. The molecule has 0 radical (unpaired) electrons. The van der Waals surface area contributed by atoms with Crippen molar-refractivity contribution in [1.29, 1.82) is 0 Å². The molecular formula is C5H11I. The first-order chi connectivity index (χ1) is 2.41. The van der Waals surface area contributed by atoms with Gasteiger partial charge >= 0.3 is 0 Å². The van der Waals surface area contributed by atoms with Crippen LogP contribution in [0.15, 0.2) is 12.7 Å². The Hall–Kier alpha value is 0.470. The summed E-state index contributed by atoms with van der Waals surface area (Å²) in [4.78, 5) is 0. The van der Waals surface area contributed by atoms with Crippen molar-refractivity contribution >= 4 is 24.0 Å². The highest BCUT2D eigenvalue weighted by Crippen LogP contribution is 1.82. The first-order valence-electron chi connectivity index (χ1n) is 2.02. The van der Waals surface area contributed by atoms with E-state index in [1.807, 2.05) is 6.08 Å². The summed E-state index contributed by atoms with van der Waals surface area (Å²) in [6.07, 6.45) is 4.31. The van der Waals surface area contributed by atoms with Gasteiger partial charge in [0.25, 0.3) is 0 Å². The molecule has 0 nitrogen and oxygen atoms in total. The Morgan fingerprint density at radius 1 is 1.67 bits per heavy atom. The number of rotatable bonds is 2. The van der Waals surface area contributed by atoms with Crippen LogP contribution in [-0.4, -0.2) is 0 Å². The van der Waals surface area contributed by atoms with Crippen LogP contribution in [0.4, 0.5) is 0 Å². The van der Waals surface area contributed by atoms with Crippen LogP contribution in [0.3, 0.4) is 0 Å². The van der Waals surface area contributed by atoms with Gasteiger partial charge in [-0.15, -0.1) is 30.6 Å². The number of allylic oxidation sites excluding steroid dienone is 1. The predicted molar refractivity (Wildman–Crippen MR) is 40.5 cm³/mol. The lowest BCUT2D eigenvalue weighted by molar-refractivity contribution is 0.961. The van der Waals surface area contributed by atoms with Crippen molar-refractivity contribution in [2.45, 2.75) is 19.8 Å². The molecule has 0 rings (SSSR count). The third-order valence-corrected chi connectivity index (χ3v) is 0.493. The highest BCUT2D eigenvalue weighted by Gasteiger charge is 1.61. The van der Waals surface area contributed by atoms with E-state index in [0.717, 1.165) is 6.42 Å². The van der Waals surface area contributed by atoms with Crippen LogP contribution in [0.5, 0.6) is 0 Å². The monoisotopic (exact) mass is 198 g/mol. The maximum atomic E-state index is 3.55. The fourth-order valence-electron chi connectivity index (χ4n) is 0.204. The average Bonchev–Trinajstić information content (AvgIpc) is 1.41. The van der Waals surface area contributed by atoms with E-state index in [4.69, 9.17) is 0 Å². The van der Waals surface area contributed by atoms with Crippen molar-refractivity contribution in [3.8, 4) is 0 Å². The van der Waals surface area contributed by atoms with Gasteiger partial charge in [-0.1, -0.05) is 19.4 Å². The molecule has 0 heterocycles. The van der Waals surface area contributed by atoms with Gasteiger partial charge in [-0.2, -0.15) is 0 Å². The molecule has 0 aromatic carbocycles. The van der Waals surface area contributed by atoms with Crippen LogP contribution < -0.4 is 0 Å². The van der Waals surface area contributed by atoms with E-state index >= 15 is 0 Å². The number of unbranched alkanes of at least 4 members (excludes halogenated alkanes) is 1. The SMILES string of the molecule is C=CCCC.I. The van der Waals surface area contributed by atoms with Crippen molar-refractivity contribution in [3.63, 3.8) is 0 Å². The van der Waals surface area contributed by atoms with Gasteiger partial charge in [0, 0.05) is 0 Å². The summed E-state index contributed by atoms with van der Waals surface area (Å²) in [5.74, 6) is 0. The summed E-state index contributed by atoms with van der Waals surface area (Å²) in [6, 6.07) is 0. The second-order valence-corrected chi connectivity index (χ2v) is 1.08. The van der Waals surface area contributed by atoms with Crippen molar-refractivity contribution in [2.75, 3.05) is 0 Å². The molecular weight excluding hydrogens is 187 g/mol. The fraction of sp³-hybridized carbons (Fsp3) is 0.600. The summed E-state index contributed by atoms with van der Waals surface area (Å²) in [5.41, 5.74) is 0. The van der Waals surface area contributed by atoms with Gasteiger partial charge in [0.15, 0.2) is 0 Å². The summed E-state index contributed by atoms with van der Waals surface area (Å²) in [6.45, 7) is 5.69. The van der Waals surface area contributed by atoms with Crippen LogP contribution >= 0.6 is 24.0 Å². The third kappa shape index (κ3) is 8.82. The van der Waals surface area contributed by atoms with Gasteiger partial charge in [0.1, 0.15) is 0 Å². The van der Waals surface area contributed by atoms with Crippen molar-refractivity contribution in [3.05, 3.63) is 12.7 Å². The van der Waals surface area contributed by atoms with E-state index in [1.54, 1.807) is 0 Å². The molecule has 0 aromatic rings. The van der Waals surface area contributed by atoms with Gasteiger partial charge in [-0.05, 0) is 6.42 Å². The van der Waals surface area contributed by atoms with Crippen LogP contribution in [0.25, 0.3) is 0 Å². The highest BCUT2D eigenvalue weighted by atomic mass is 127. The van der Waals surface area contributed by atoms with Crippen LogP contribution in [0, 0.1) is 0 Å². The molecule has 0 saturated carbocycles. The Morgan fingerprint density at radius 3 is 2.17 bits per heavy atom. The van der Waals surface area contributed by atoms with E-state index in [2.05, 4.69) is 13.5 Å². The standard InChI is InChI=1S/C5H10.HI/c1-3-5-4-2;/h3H,1,4-5H2,2H3;1H. The van der Waals surface area contributed by atoms with Gasteiger partial charge < -0.3 is 0 Å². The van der Waals surface area contributed by atoms with Gasteiger partial charge in [-0.3, -0.25) is 0 Å². The highest BCUT2D eigenvalue weighted by molar-refractivity contribution is 14.0. The summed E-state index contributed by atoms with van der Waals surface area (Å²) in [7, 11) is 0. The molecule has 0 amide bonds. The Balaban J connectivity index is 0. The maximum Gasteiger partial charge on any atom is -0.0356 e. The van der Waals surface area contributed by atoms with Crippen molar-refractivity contribution in [2.24, 2.45) is 0 Å². The smallest absolute Gasteiger partial charge is 0.0356 e. The van der Waals surface area contributed by atoms with Gasteiger partial charge in [0.2, 0.25) is 0 Å². The Bertz CT molecular complexity index is 25.1. The predicted octanol–water partition coefficient (Wildman–Crippen LogP) is 2.59. The van der Waals surface area contributed by atoms with E-state index < -0.39 is 0 Å². The summed E-state index contributed by atoms with van der Waals surface area (Å²) < 4.78 is 0. The molecule has 0 atom stereocenters. The second-order valence-electron chi connectivity index (χ2n) is 1.08. The lowest BCUT2D eigenvalue weighted by Crippen LogP contribution is -1.52. The zero-order valence-electron chi connectivity index (χ0n) is 4.11. The van der Waals surface area contributed by atoms with Crippen LogP contribution in [-0.2, 0) is 0 Å². The Kier molecular flexibility index (Phi) is 14.7. The molecule has 0 spiro atoms. The molecule has 1 heteroatoms. The van der Waals surface area contributed by atoms with E-state index in [-0.39, 0.29) is 24.0 Å². The molecule has 0 saturated heterocycles. The molecule has 0 bridgehead atoms. The van der Waals surface area contributed by atoms with Crippen LogP contribution in [0.2, 0.25) is 0 Å².